The molecule has 3 aliphatic rings. The van der Waals surface area contributed by atoms with E-state index < -0.39 is 0 Å². The first-order valence-corrected chi connectivity index (χ1v) is 12.3. The first-order chi connectivity index (χ1) is 17.9. The summed E-state index contributed by atoms with van der Waals surface area (Å²) in [4.78, 5) is 9.89. The molecule has 0 bridgehead atoms. The highest BCUT2D eigenvalue weighted by Crippen LogP contribution is 2.08. The summed E-state index contributed by atoms with van der Waals surface area (Å²) in [5.74, 6) is 0. The number of hydrogen-bond donors (Lipinski definition) is 2. The van der Waals surface area contributed by atoms with E-state index in [1.807, 2.05) is 60.7 Å². The van der Waals surface area contributed by atoms with Crippen molar-refractivity contribution >= 4 is 18.4 Å². The Balaban J connectivity index is 0.000000491. The summed E-state index contributed by atoms with van der Waals surface area (Å²) in [7, 11) is 1.00. The summed E-state index contributed by atoms with van der Waals surface area (Å²) in [5, 5.41) is 10.2. The summed E-state index contributed by atoms with van der Waals surface area (Å²) in [6.45, 7) is 2.50. The smallest absolute Gasteiger partial charge is 0.142 e. The number of rotatable bonds is 4. The third-order valence-electron chi connectivity index (χ3n) is 4.84. The van der Waals surface area contributed by atoms with Crippen LogP contribution in [0.3, 0.4) is 0 Å². The molecular weight excluding hydrogens is 454 g/mol. The van der Waals surface area contributed by atoms with Gasteiger partial charge in [0.05, 0.1) is 0 Å². The van der Waals surface area contributed by atoms with Gasteiger partial charge in [-0.3, -0.25) is 4.79 Å². The molecule has 2 aromatic carbocycles. The number of benzene rings is 2. The molecular formula is C34H43NO2. The maximum Gasteiger partial charge on any atom is 0.142 e. The van der Waals surface area contributed by atoms with Gasteiger partial charge in [0.15, 0.2) is 0 Å². The highest BCUT2D eigenvalue weighted by atomic mass is 16.2. The lowest BCUT2D eigenvalue weighted by molar-refractivity contribution is -0.104. The Bertz CT molecular complexity index is 975. The van der Waals surface area contributed by atoms with Gasteiger partial charge >= 0.3 is 0 Å². The Morgan fingerprint density at radius 2 is 1.19 bits per heavy atom. The first kappa shape index (κ1) is 33.2. The van der Waals surface area contributed by atoms with Crippen LogP contribution in [0.25, 0.3) is 12.2 Å². The molecule has 3 heteroatoms. The summed E-state index contributed by atoms with van der Waals surface area (Å²) < 4.78 is 0. The minimum Gasteiger partial charge on any atom is -0.400 e. The van der Waals surface area contributed by atoms with Crippen LogP contribution in [-0.2, 0) is 4.79 Å². The number of aliphatic hydroxyl groups is 1. The first-order valence-electron chi connectivity index (χ1n) is 12.3. The minimum absolute atomic E-state index is 0. The van der Waals surface area contributed by atoms with E-state index in [9.17, 15) is 4.79 Å². The molecule has 0 saturated carbocycles. The lowest BCUT2D eigenvalue weighted by atomic mass is 10.2. The SMILES string of the molecule is C.C1=CC(=C/C=C/c2ccccc2)C=C1.C1=CCC=C1.C1CCNC1.CO.O=C/C=C/c1ccccc1. The number of aliphatic hydroxyl groups excluding tert-OH is 1. The van der Waals surface area contributed by atoms with Crippen LogP contribution >= 0.6 is 0 Å². The zero-order valence-electron chi connectivity index (χ0n) is 21.2. The Morgan fingerprint density at radius 3 is 1.57 bits per heavy atom. The molecule has 0 radical (unpaired) electrons. The zero-order chi connectivity index (χ0) is 25.9. The molecule has 2 aromatic rings. The van der Waals surface area contributed by atoms with Crippen molar-refractivity contribution in [3.8, 4) is 0 Å². The van der Waals surface area contributed by atoms with E-state index in [-0.39, 0.29) is 7.43 Å². The van der Waals surface area contributed by atoms with E-state index >= 15 is 0 Å². The zero-order valence-corrected chi connectivity index (χ0v) is 21.2. The van der Waals surface area contributed by atoms with Crippen LogP contribution in [0.1, 0.15) is 37.8 Å². The molecule has 1 aliphatic heterocycles. The van der Waals surface area contributed by atoms with Crippen LogP contribution in [0, 0.1) is 0 Å². The Labute approximate surface area is 224 Å². The predicted octanol–water partition coefficient (Wildman–Crippen LogP) is 7.77. The van der Waals surface area contributed by atoms with Gasteiger partial charge in [-0.05, 0) is 55.1 Å². The van der Waals surface area contributed by atoms with E-state index in [0.29, 0.717) is 0 Å². The highest BCUT2D eigenvalue weighted by molar-refractivity contribution is 5.73. The number of carbonyl (C=O) groups is 1. The number of carbonyl (C=O) groups excluding carboxylic acids is 1. The van der Waals surface area contributed by atoms with Gasteiger partial charge in [0.25, 0.3) is 0 Å². The second kappa shape index (κ2) is 25.3. The average molecular weight is 498 g/mol. The van der Waals surface area contributed by atoms with Crippen molar-refractivity contribution in [3.05, 3.63) is 144 Å². The molecule has 1 fully saturated rings. The molecule has 37 heavy (non-hydrogen) atoms. The minimum atomic E-state index is 0. The highest BCUT2D eigenvalue weighted by Gasteiger charge is 1.93. The fraction of sp³-hybridized carbons (Fsp3) is 0.206. The standard InChI is InChI=1S/C14H12.C9H8O.C5H6.C4H9N.CH4O.CH4/c1-2-7-13(8-3-1)11-6-12-14-9-4-5-10-14;10-8-4-7-9-5-2-1-3-6-9;2*1-2-4-5-3-1;1-2;/h1-12H;1-8H;1-4H,5H2;5H,1-4H2;2H,1H3;1H4/b11-6+;7-4+;;;;. The topological polar surface area (TPSA) is 49.3 Å². The Morgan fingerprint density at radius 1 is 0.703 bits per heavy atom. The molecule has 0 aromatic heterocycles. The molecule has 1 saturated heterocycles. The van der Waals surface area contributed by atoms with Crippen molar-refractivity contribution in [2.75, 3.05) is 20.2 Å². The molecule has 3 nitrogen and oxygen atoms in total. The summed E-state index contributed by atoms with van der Waals surface area (Å²) in [5.41, 5.74) is 3.53. The maximum atomic E-state index is 9.89. The van der Waals surface area contributed by atoms with Crippen LogP contribution < -0.4 is 5.32 Å². The van der Waals surface area contributed by atoms with Crippen LogP contribution in [0.4, 0.5) is 0 Å². The van der Waals surface area contributed by atoms with Crippen LogP contribution in [-0.4, -0.2) is 31.6 Å². The van der Waals surface area contributed by atoms with Crippen molar-refractivity contribution in [1.29, 1.82) is 0 Å². The van der Waals surface area contributed by atoms with Crippen molar-refractivity contribution in [3.63, 3.8) is 0 Å². The largest absolute Gasteiger partial charge is 0.400 e. The lowest BCUT2D eigenvalue weighted by Crippen LogP contribution is -2.03. The number of hydrogen-bond acceptors (Lipinski definition) is 3. The third kappa shape index (κ3) is 19.1. The van der Waals surface area contributed by atoms with E-state index in [1.165, 1.54) is 43.1 Å². The monoisotopic (exact) mass is 497 g/mol. The van der Waals surface area contributed by atoms with Gasteiger partial charge in [-0.2, -0.15) is 0 Å². The summed E-state index contributed by atoms with van der Waals surface area (Å²) in [6.07, 6.45) is 30.9. The van der Waals surface area contributed by atoms with Gasteiger partial charge < -0.3 is 10.4 Å². The van der Waals surface area contributed by atoms with Crippen LogP contribution in [0.5, 0.6) is 0 Å². The summed E-state index contributed by atoms with van der Waals surface area (Å²) in [6, 6.07) is 20.0. The quantitative estimate of drug-likeness (QED) is 0.335. The van der Waals surface area contributed by atoms with Gasteiger partial charge in [-0.1, -0.05) is 141 Å². The lowest BCUT2D eigenvalue weighted by Gasteiger charge is -1.89. The van der Waals surface area contributed by atoms with E-state index in [0.717, 1.165) is 25.4 Å². The van der Waals surface area contributed by atoms with Crippen molar-refractivity contribution in [2.24, 2.45) is 0 Å². The maximum absolute atomic E-state index is 9.89. The molecule has 2 aliphatic carbocycles. The molecule has 5 rings (SSSR count). The number of allylic oxidation sites excluding steroid dienone is 12. The molecule has 2 N–H and O–H groups in total. The second-order valence-electron chi connectivity index (χ2n) is 7.61. The van der Waals surface area contributed by atoms with Gasteiger partial charge in [0.2, 0.25) is 0 Å². The Hall–Kier alpha value is -3.79. The van der Waals surface area contributed by atoms with Crippen LogP contribution in [0.15, 0.2) is 133 Å². The molecule has 0 amide bonds. The molecule has 0 atom stereocenters. The third-order valence-corrected chi connectivity index (χ3v) is 4.84. The van der Waals surface area contributed by atoms with E-state index in [1.54, 1.807) is 6.08 Å². The molecule has 196 valence electrons. The fourth-order valence-corrected chi connectivity index (χ4v) is 3.07. The van der Waals surface area contributed by atoms with Gasteiger partial charge in [0.1, 0.15) is 6.29 Å². The van der Waals surface area contributed by atoms with Gasteiger partial charge in [-0.25, -0.2) is 0 Å². The van der Waals surface area contributed by atoms with Gasteiger partial charge in [-0.15, -0.1) is 0 Å². The molecule has 1 heterocycles. The molecule has 0 spiro atoms. The average Bonchev–Trinajstić information content (AvgIpc) is 3.77. The predicted molar refractivity (Wildman–Crippen MR) is 163 cm³/mol. The van der Waals surface area contributed by atoms with E-state index in [2.05, 4.69) is 72.1 Å². The number of aldehydes is 1. The van der Waals surface area contributed by atoms with Crippen molar-refractivity contribution in [1.82, 2.24) is 5.32 Å². The van der Waals surface area contributed by atoms with Crippen molar-refractivity contribution < 1.29 is 9.90 Å². The fourth-order valence-electron chi connectivity index (χ4n) is 3.07. The Kier molecular flexibility index (Phi) is 22.7. The second-order valence-corrected chi connectivity index (χ2v) is 7.61. The number of nitrogens with one attached hydrogen (secondary N) is 1. The van der Waals surface area contributed by atoms with Crippen molar-refractivity contribution in [2.45, 2.75) is 26.7 Å². The summed E-state index contributed by atoms with van der Waals surface area (Å²) >= 11 is 0. The van der Waals surface area contributed by atoms with Gasteiger partial charge in [0, 0.05) is 7.11 Å². The van der Waals surface area contributed by atoms with Crippen LogP contribution in [0.2, 0.25) is 0 Å². The molecule has 0 unspecified atom stereocenters. The normalized spacial score (nSPS) is 13.8. The van der Waals surface area contributed by atoms with E-state index in [4.69, 9.17) is 5.11 Å².